The molecule has 0 radical (unpaired) electrons. The standard InChI is InChI=1S/C20H18O3/c1-15(20(21)23-3)19(17-7-5-4-6-8-17)14-11-16-9-12-18(22-2)13-10-16/h4-13H,1H2,2-3H3. The molecule has 0 heterocycles. The van der Waals surface area contributed by atoms with Crippen LogP contribution in [0.25, 0.3) is 11.6 Å². The van der Waals surface area contributed by atoms with E-state index in [1.807, 2.05) is 54.6 Å². The Morgan fingerprint density at radius 2 is 1.70 bits per heavy atom. The number of hydrogen-bond acceptors (Lipinski definition) is 3. The van der Waals surface area contributed by atoms with E-state index in [2.05, 4.69) is 12.3 Å². The highest BCUT2D eigenvalue weighted by Crippen LogP contribution is 2.22. The molecule has 0 unspecified atom stereocenters. The van der Waals surface area contributed by atoms with Crippen LogP contribution in [-0.4, -0.2) is 20.2 Å². The molecule has 0 aliphatic carbocycles. The summed E-state index contributed by atoms with van der Waals surface area (Å²) in [5.41, 5.74) is 5.82. The Bertz CT molecular complexity index is 749. The highest BCUT2D eigenvalue weighted by atomic mass is 16.5. The minimum Gasteiger partial charge on any atom is -0.497 e. The van der Waals surface area contributed by atoms with Crippen molar-refractivity contribution in [3.8, 4) is 5.75 Å². The lowest BCUT2D eigenvalue weighted by atomic mass is 9.99. The van der Waals surface area contributed by atoms with Crippen LogP contribution in [0.3, 0.4) is 0 Å². The number of rotatable bonds is 5. The van der Waals surface area contributed by atoms with Crippen molar-refractivity contribution in [3.63, 3.8) is 0 Å². The first kappa shape index (κ1) is 16.3. The van der Waals surface area contributed by atoms with E-state index in [1.54, 1.807) is 13.2 Å². The summed E-state index contributed by atoms with van der Waals surface area (Å²) in [5.74, 6) is 0.313. The molecule has 23 heavy (non-hydrogen) atoms. The Morgan fingerprint density at radius 3 is 2.26 bits per heavy atom. The van der Waals surface area contributed by atoms with Crippen LogP contribution in [0.2, 0.25) is 0 Å². The van der Waals surface area contributed by atoms with Gasteiger partial charge in [-0.05, 0) is 29.3 Å². The highest BCUT2D eigenvalue weighted by molar-refractivity contribution is 6.05. The van der Waals surface area contributed by atoms with Crippen LogP contribution < -0.4 is 4.74 Å². The predicted molar refractivity (Wildman–Crippen MR) is 92.0 cm³/mol. The van der Waals surface area contributed by atoms with Crippen LogP contribution in [0.1, 0.15) is 11.1 Å². The van der Waals surface area contributed by atoms with Crippen LogP contribution in [0.15, 0.2) is 72.5 Å². The molecule has 0 saturated heterocycles. The quantitative estimate of drug-likeness (QED) is 0.361. The maximum absolute atomic E-state index is 11.8. The van der Waals surface area contributed by atoms with Gasteiger partial charge < -0.3 is 9.47 Å². The zero-order valence-corrected chi connectivity index (χ0v) is 13.2. The van der Waals surface area contributed by atoms with Crippen LogP contribution in [0.4, 0.5) is 0 Å². The van der Waals surface area contributed by atoms with Gasteiger partial charge in [-0.25, -0.2) is 4.79 Å². The molecule has 0 bridgehead atoms. The second-order valence-electron chi connectivity index (χ2n) is 4.77. The Labute approximate surface area is 136 Å². The number of carbonyl (C=O) groups excluding carboxylic acids is 1. The summed E-state index contributed by atoms with van der Waals surface area (Å²) in [7, 11) is 2.96. The predicted octanol–water partition coefficient (Wildman–Crippen LogP) is 4.12. The Kier molecular flexibility index (Phi) is 5.56. The van der Waals surface area contributed by atoms with E-state index in [1.165, 1.54) is 7.11 Å². The van der Waals surface area contributed by atoms with Crippen molar-refractivity contribution in [2.24, 2.45) is 0 Å². The molecule has 0 N–H and O–H groups in total. The maximum atomic E-state index is 11.8. The van der Waals surface area contributed by atoms with Crippen molar-refractivity contribution >= 4 is 17.6 Å². The SMILES string of the molecule is C=C(C(=O)OC)C(=C=Cc1ccc(OC)cc1)c1ccccc1. The van der Waals surface area contributed by atoms with Crippen molar-refractivity contribution < 1.29 is 14.3 Å². The molecule has 3 heteroatoms. The molecule has 0 saturated carbocycles. The first-order valence-electron chi connectivity index (χ1n) is 7.09. The highest BCUT2D eigenvalue weighted by Gasteiger charge is 2.13. The van der Waals surface area contributed by atoms with E-state index >= 15 is 0 Å². The van der Waals surface area contributed by atoms with Crippen molar-refractivity contribution in [1.82, 2.24) is 0 Å². The van der Waals surface area contributed by atoms with Gasteiger partial charge in [0, 0.05) is 5.57 Å². The van der Waals surface area contributed by atoms with E-state index in [4.69, 9.17) is 9.47 Å². The second-order valence-corrected chi connectivity index (χ2v) is 4.77. The minimum absolute atomic E-state index is 0.267. The monoisotopic (exact) mass is 306 g/mol. The van der Waals surface area contributed by atoms with Gasteiger partial charge in [-0.2, -0.15) is 0 Å². The molecule has 0 fully saturated rings. The van der Waals surface area contributed by atoms with E-state index in [0.29, 0.717) is 5.57 Å². The number of esters is 1. The molecule has 0 aliphatic rings. The molecule has 2 aromatic rings. The number of carbonyl (C=O) groups is 1. The van der Waals surface area contributed by atoms with Crippen molar-refractivity contribution in [2.45, 2.75) is 0 Å². The van der Waals surface area contributed by atoms with E-state index in [-0.39, 0.29) is 5.57 Å². The number of ether oxygens (including phenoxy) is 2. The molecule has 0 aromatic heterocycles. The van der Waals surface area contributed by atoms with Crippen LogP contribution in [0.5, 0.6) is 5.75 Å². The Hall–Kier alpha value is -3.03. The topological polar surface area (TPSA) is 35.5 Å². The molecule has 116 valence electrons. The van der Waals surface area contributed by atoms with Gasteiger partial charge in [-0.15, -0.1) is 5.73 Å². The Morgan fingerprint density at radius 1 is 1.04 bits per heavy atom. The molecule has 0 spiro atoms. The van der Waals surface area contributed by atoms with Crippen LogP contribution in [-0.2, 0) is 9.53 Å². The van der Waals surface area contributed by atoms with Crippen LogP contribution in [0, 0.1) is 0 Å². The van der Waals surface area contributed by atoms with Gasteiger partial charge in [-0.1, -0.05) is 49.0 Å². The minimum atomic E-state index is -0.473. The normalized spacial score (nSPS) is 9.48. The van der Waals surface area contributed by atoms with Gasteiger partial charge in [0.1, 0.15) is 5.75 Å². The molecule has 3 nitrogen and oxygen atoms in total. The Balaban J connectivity index is 2.45. The molecule has 2 aromatic carbocycles. The summed E-state index contributed by atoms with van der Waals surface area (Å²) in [4.78, 5) is 11.8. The van der Waals surface area contributed by atoms with E-state index in [0.717, 1.165) is 16.9 Å². The molecule has 0 amide bonds. The first-order valence-corrected chi connectivity index (χ1v) is 7.09. The summed E-state index contributed by atoms with van der Waals surface area (Å²) >= 11 is 0. The molecule has 2 rings (SSSR count). The van der Waals surface area contributed by atoms with Crippen molar-refractivity contribution in [3.05, 3.63) is 83.6 Å². The van der Waals surface area contributed by atoms with E-state index in [9.17, 15) is 4.79 Å². The lowest BCUT2D eigenvalue weighted by Crippen LogP contribution is -2.05. The van der Waals surface area contributed by atoms with Gasteiger partial charge in [0.2, 0.25) is 0 Å². The van der Waals surface area contributed by atoms with Gasteiger partial charge in [-0.3, -0.25) is 0 Å². The first-order chi connectivity index (χ1) is 11.2. The maximum Gasteiger partial charge on any atom is 0.338 e. The summed E-state index contributed by atoms with van der Waals surface area (Å²) in [6.07, 6.45) is 1.80. The molecular weight excluding hydrogens is 288 g/mol. The average Bonchev–Trinajstić information content (AvgIpc) is 2.62. The lowest BCUT2D eigenvalue weighted by Gasteiger charge is -2.07. The van der Waals surface area contributed by atoms with E-state index < -0.39 is 5.97 Å². The third-order valence-corrected chi connectivity index (χ3v) is 3.30. The third-order valence-electron chi connectivity index (χ3n) is 3.30. The fourth-order valence-electron chi connectivity index (χ4n) is 2.03. The molecular formula is C20H18O3. The third kappa shape index (κ3) is 4.22. The second kappa shape index (κ2) is 7.83. The van der Waals surface area contributed by atoms with Crippen molar-refractivity contribution in [2.75, 3.05) is 14.2 Å². The number of hydrogen-bond donors (Lipinski definition) is 0. The van der Waals surface area contributed by atoms with Gasteiger partial charge >= 0.3 is 5.97 Å². The van der Waals surface area contributed by atoms with Crippen LogP contribution >= 0.6 is 0 Å². The molecule has 0 atom stereocenters. The largest absolute Gasteiger partial charge is 0.497 e. The van der Waals surface area contributed by atoms with Gasteiger partial charge in [0.05, 0.1) is 19.8 Å². The van der Waals surface area contributed by atoms with Crippen molar-refractivity contribution in [1.29, 1.82) is 0 Å². The zero-order chi connectivity index (χ0) is 16.7. The van der Waals surface area contributed by atoms with Gasteiger partial charge in [0.15, 0.2) is 0 Å². The lowest BCUT2D eigenvalue weighted by molar-refractivity contribution is -0.135. The summed E-state index contributed by atoms with van der Waals surface area (Å²) in [5, 5.41) is 0. The summed E-state index contributed by atoms with van der Waals surface area (Å²) in [6, 6.07) is 17.1. The fourth-order valence-corrected chi connectivity index (χ4v) is 2.03. The van der Waals surface area contributed by atoms with Gasteiger partial charge in [0.25, 0.3) is 0 Å². The number of benzene rings is 2. The summed E-state index contributed by atoms with van der Waals surface area (Å²) in [6.45, 7) is 3.83. The smallest absolute Gasteiger partial charge is 0.338 e. The summed E-state index contributed by atoms with van der Waals surface area (Å²) < 4.78 is 9.90. The zero-order valence-electron chi connectivity index (χ0n) is 13.2. The average molecular weight is 306 g/mol. The molecule has 0 aliphatic heterocycles. The fraction of sp³-hybridized carbons (Fsp3) is 0.100. The number of methoxy groups -OCH3 is 2.